The van der Waals surface area contributed by atoms with Crippen LogP contribution in [0.2, 0.25) is 0 Å². The highest BCUT2D eigenvalue weighted by molar-refractivity contribution is 5.76. The van der Waals surface area contributed by atoms with Gasteiger partial charge in [0.15, 0.2) is 0 Å². The number of likely N-dealkylation sites (tertiary alicyclic amines) is 1. The number of carboxylic acids is 1. The normalized spacial score (nSPS) is 15.8. The second-order valence-corrected chi connectivity index (χ2v) is 5.61. The van der Waals surface area contributed by atoms with E-state index >= 15 is 0 Å². The van der Waals surface area contributed by atoms with Crippen LogP contribution in [-0.4, -0.2) is 45.2 Å². The van der Waals surface area contributed by atoms with Crippen LogP contribution < -0.4 is 0 Å². The summed E-state index contributed by atoms with van der Waals surface area (Å²) < 4.78 is 2.07. The average molecular weight is 287 g/mol. The number of hydrogen-bond donors (Lipinski definition) is 1. The van der Waals surface area contributed by atoms with Crippen LogP contribution in [0.15, 0.2) is 24.3 Å². The molecular weight excluding hydrogens is 266 g/mol. The summed E-state index contributed by atoms with van der Waals surface area (Å²) in [5.74, 6) is 0.239. The van der Waals surface area contributed by atoms with Gasteiger partial charge in [-0.1, -0.05) is 12.1 Å². The molecule has 1 saturated heterocycles. The molecule has 0 radical (unpaired) electrons. The predicted molar refractivity (Wildman–Crippen MR) is 81.4 cm³/mol. The van der Waals surface area contributed by atoms with Gasteiger partial charge < -0.3 is 14.6 Å². The smallest absolute Gasteiger partial charge is 0.305 e. The average Bonchev–Trinajstić information content (AvgIpc) is 3.10. The van der Waals surface area contributed by atoms with E-state index in [1.54, 1.807) is 0 Å². The Hall–Kier alpha value is -1.88. The maximum absolute atomic E-state index is 10.9. The van der Waals surface area contributed by atoms with Gasteiger partial charge in [0.2, 0.25) is 0 Å². The lowest BCUT2D eigenvalue weighted by Crippen LogP contribution is -2.23. The lowest BCUT2D eigenvalue weighted by molar-refractivity contribution is -0.137. The molecule has 5 heteroatoms. The number of aromatic nitrogens is 2. The Morgan fingerprint density at radius 1 is 1.19 bits per heavy atom. The van der Waals surface area contributed by atoms with Crippen molar-refractivity contribution in [2.24, 2.45) is 0 Å². The van der Waals surface area contributed by atoms with E-state index < -0.39 is 5.97 Å². The molecule has 0 aliphatic carbocycles. The van der Waals surface area contributed by atoms with Crippen molar-refractivity contribution in [2.75, 3.05) is 19.6 Å². The zero-order chi connectivity index (χ0) is 14.7. The molecule has 21 heavy (non-hydrogen) atoms. The van der Waals surface area contributed by atoms with E-state index in [-0.39, 0.29) is 6.42 Å². The zero-order valence-corrected chi connectivity index (χ0v) is 12.2. The molecule has 1 aliphatic heterocycles. The highest BCUT2D eigenvalue weighted by Crippen LogP contribution is 2.18. The summed E-state index contributed by atoms with van der Waals surface area (Å²) >= 11 is 0. The Kier molecular flexibility index (Phi) is 4.20. The molecule has 5 nitrogen and oxygen atoms in total. The van der Waals surface area contributed by atoms with E-state index in [1.807, 2.05) is 24.3 Å². The van der Waals surface area contributed by atoms with Crippen LogP contribution in [-0.2, 0) is 17.8 Å². The molecule has 1 fully saturated rings. The number of nitrogens with zero attached hydrogens (tertiary/aromatic N) is 3. The van der Waals surface area contributed by atoms with Crippen molar-refractivity contribution in [1.29, 1.82) is 0 Å². The minimum absolute atomic E-state index is 0.136. The number of carboxylic acid groups (broad SMARTS) is 1. The molecule has 0 amide bonds. The monoisotopic (exact) mass is 287 g/mol. The molecule has 0 atom stereocenters. The molecule has 3 rings (SSSR count). The van der Waals surface area contributed by atoms with Gasteiger partial charge in [-0.15, -0.1) is 0 Å². The Balaban J connectivity index is 1.80. The topological polar surface area (TPSA) is 58.4 Å². The number of rotatable bonds is 6. The summed E-state index contributed by atoms with van der Waals surface area (Å²) in [5.41, 5.74) is 1.99. The summed E-state index contributed by atoms with van der Waals surface area (Å²) in [5, 5.41) is 8.94. The SMILES string of the molecule is O=C(O)CCn1c(CCN2CCCC2)nc2ccccc21. The molecule has 0 unspecified atom stereocenters. The molecule has 0 spiro atoms. The lowest BCUT2D eigenvalue weighted by Gasteiger charge is -2.14. The molecule has 0 bridgehead atoms. The van der Waals surface area contributed by atoms with E-state index in [2.05, 4.69) is 9.47 Å². The molecule has 2 heterocycles. The van der Waals surface area contributed by atoms with Gasteiger partial charge >= 0.3 is 5.97 Å². The summed E-state index contributed by atoms with van der Waals surface area (Å²) in [6.45, 7) is 3.85. The zero-order valence-electron chi connectivity index (χ0n) is 12.2. The van der Waals surface area contributed by atoms with Gasteiger partial charge in [0, 0.05) is 19.5 Å². The lowest BCUT2D eigenvalue weighted by atomic mass is 10.3. The van der Waals surface area contributed by atoms with Gasteiger partial charge in [-0.25, -0.2) is 4.98 Å². The summed E-state index contributed by atoms with van der Waals surface area (Å²) in [6.07, 6.45) is 3.59. The fourth-order valence-electron chi connectivity index (χ4n) is 3.04. The van der Waals surface area contributed by atoms with E-state index in [0.29, 0.717) is 6.54 Å². The second kappa shape index (κ2) is 6.26. The summed E-state index contributed by atoms with van der Waals surface area (Å²) in [6, 6.07) is 7.96. The molecule has 0 saturated carbocycles. The Morgan fingerprint density at radius 2 is 1.95 bits per heavy atom. The number of imidazole rings is 1. The highest BCUT2D eigenvalue weighted by Gasteiger charge is 2.15. The number of hydrogen-bond acceptors (Lipinski definition) is 3. The van der Waals surface area contributed by atoms with Crippen molar-refractivity contribution >= 4 is 17.0 Å². The third-order valence-electron chi connectivity index (χ3n) is 4.13. The number of benzene rings is 1. The van der Waals surface area contributed by atoms with Gasteiger partial charge in [-0.05, 0) is 38.1 Å². The van der Waals surface area contributed by atoms with Crippen molar-refractivity contribution in [1.82, 2.24) is 14.5 Å². The summed E-state index contributed by atoms with van der Waals surface area (Å²) in [4.78, 5) is 18.0. The first-order chi connectivity index (χ1) is 10.2. The van der Waals surface area contributed by atoms with Crippen LogP contribution in [0.1, 0.15) is 25.1 Å². The fraction of sp³-hybridized carbons (Fsp3) is 0.500. The maximum atomic E-state index is 10.9. The van der Waals surface area contributed by atoms with Gasteiger partial charge in [0.25, 0.3) is 0 Å². The van der Waals surface area contributed by atoms with Crippen LogP contribution in [0.3, 0.4) is 0 Å². The molecule has 1 aromatic carbocycles. The van der Waals surface area contributed by atoms with Crippen molar-refractivity contribution in [2.45, 2.75) is 32.2 Å². The van der Waals surface area contributed by atoms with E-state index in [4.69, 9.17) is 10.1 Å². The van der Waals surface area contributed by atoms with Crippen molar-refractivity contribution < 1.29 is 9.90 Å². The first kappa shape index (κ1) is 14.1. The number of para-hydroxylation sites is 2. The fourth-order valence-corrected chi connectivity index (χ4v) is 3.04. The van der Waals surface area contributed by atoms with Crippen LogP contribution >= 0.6 is 0 Å². The Labute approximate surface area is 124 Å². The largest absolute Gasteiger partial charge is 0.481 e. The number of fused-ring (bicyclic) bond motifs is 1. The van der Waals surface area contributed by atoms with Gasteiger partial charge in [0.05, 0.1) is 17.5 Å². The predicted octanol–water partition coefficient (Wildman–Crippen LogP) is 2.15. The Bertz CT molecular complexity index is 629. The third kappa shape index (κ3) is 3.24. The molecular formula is C16H21N3O2. The van der Waals surface area contributed by atoms with Crippen molar-refractivity contribution in [3.8, 4) is 0 Å². The number of aliphatic carboxylic acids is 1. The van der Waals surface area contributed by atoms with E-state index in [9.17, 15) is 4.79 Å². The van der Waals surface area contributed by atoms with Crippen LogP contribution in [0.25, 0.3) is 11.0 Å². The molecule has 1 N–H and O–H groups in total. The van der Waals surface area contributed by atoms with Gasteiger partial charge in [-0.3, -0.25) is 4.79 Å². The minimum Gasteiger partial charge on any atom is -0.481 e. The highest BCUT2D eigenvalue weighted by atomic mass is 16.4. The molecule has 2 aromatic rings. The maximum Gasteiger partial charge on any atom is 0.305 e. The molecule has 112 valence electrons. The second-order valence-electron chi connectivity index (χ2n) is 5.61. The van der Waals surface area contributed by atoms with E-state index in [1.165, 1.54) is 25.9 Å². The first-order valence-electron chi connectivity index (χ1n) is 7.62. The summed E-state index contributed by atoms with van der Waals surface area (Å²) in [7, 11) is 0. The number of carbonyl (C=O) groups is 1. The standard InChI is InChI=1S/C16H21N3O2/c20-16(21)8-12-19-14-6-2-1-5-13(14)17-15(19)7-11-18-9-3-4-10-18/h1-2,5-6H,3-4,7-12H2,(H,20,21). The van der Waals surface area contributed by atoms with Gasteiger partial charge in [0.1, 0.15) is 5.82 Å². The first-order valence-corrected chi connectivity index (χ1v) is 7.62. The number of aryl methyl sites for hydroxylation is 1. The van der Waals surface area contributed by atoms with Crippen molar-refractivity contribution in [3.05, 3.63) is 30.1 Å². The molecule has 1 aliphatic rings. The van der Waals surface area contributed by atoms with Crippen LogP contribution in [0.4, 0.5) is 0 Å². The van der Waals surface area contributed by atoms with Gasteiger partial charge in [-0.2, -0.15) is 0 Å². The minimum atomic E-state index is -0.765. The Morgan fingerprint density at radius 3 is 2.71 bits per heavy atom. The van der Waals surface area contributed by atoms with Crippen LogP contribution in [0.5, 0.6) is 0 Å². The molecule has 1 aromatic heterocycles. The third-order valence-corrected chi connectivity index (χ3v) is 4.13. The van der Waals surface area contributed by atoms with E-state index in [0.717, 1.165) is 29.8 Å². The quantitative estimate of drug-likeness (QED) is 0.884. The van der Waals surface area contributed by atoms with Crippen LogP contribution in [0, 0.1) is 0 Å². The van der Waals surface area contributed by atoms with Crippen molar-refractivity contribution in [3.63, 3.8) is 0 Å².